The SMILES string of the molecule is CCN1CCN(C(=O)c2ccccc2SCc2ccccc2)CC1. The van der Waals surface area contributed by atoms with Crippen LogP contribution in [0.15, 0.2) is 59.5 Å². The van der Waals surface area contributed by atoms with Crippen molar-refractivity contribution in [2.45, 2.75) is 17.6 Å². The van der Waals surface area contributed by atoms with Crippen molar-refractivity contribution in [3.8, 4) is 0 Å². The zero-order valence-corrected chi connectivity index (χ0v) is 15.0. The summed E-state index contributed by atoms with van der Waals surface area (Å²) in [5.41, 5.74) is 2.12. The molecule has 126 valence electrons. The average Bonchev–Trinajstić information content (AvgIpc) is 2.67. The Kier molecular flexibility index (Phi) is 5.94. The van der Waals surface area contributed by atoms with Crippen LogP contribution in [0.5, 0.6) is 0 Å². The second kappa shape index (κ2) is 8.36. The Balaban J connectivity index is 1.68. The molecule has 1 amide bonds. The van der Waals surface area contributed by atoms with Crippen molar-refractivity contribution in [1.29, 1.82) is 0 Å². The molecule has 0 unspecified atom stereocenters. The fourth-order valence-electron chi connectivity index (χ4n) is 2.94. The van der Waals surface area contributed by atoms with Gasteiger partial charge < -0.3 is 9.80 Å². The van der Waals surface area contributed by atoms with E-state index in [1.165, 1.54) is 5.56 Å². The van der Waals surface area contributed by atoms with Gasteiger partial charge in [0.05, 0.1) is 5.56 Å². The minimum atomic E-state index is 0.168. The number of rotatable bonds is 5. The van der Waals surface area contributed by atoms with Gasteiger partial charge in [-0.2, -0.15) is 0 Å². The molecule has 1 saturated heterocycles. The predicted molar refractivity (Wildman–Crippen MR) is 100 cm³/mol. The fraction of sp³-hybridized carbons (Fsp3) is 0.350. The van der Waals surface area contributed by atoms with E-state index in [0.717, 1.165) is 48.9 Å². The van der Waals surface area contributed by atoms with Crippen LogP contribution in [0.3, 0.4) is 0 Å². The molecule has 0 radical (unpaired) electrons. The van der Waals surface area contributed by atoms with Crippen LogP contribution in [0, 0.1) is 0 Å². The average molecular weight is 340 g/mol. The number of benzene rings is 2. The maximum atomic E-state index is 12.9. The minimum absolute atomic E-state index is 0.168. The van der Waals surface area contributed by atoms with Crippen LogP contribution in [-0.4, -0.2) is 48.4 Å². The van der Waals surface area contributed by atoms with E-state index < -0.39 is 0 Å². The zero-order chi connectivity index (χ0) is 16.8. The highest BCUT2D eigenvalue weighted by Gasteiger charge is 2.23. The van der Waals surface area contributed by atoms with E-state index in [1.807, 2.05) is 29.2 Å². The molecule has 0 aromatic heterocycles. The third-order valence-electron chi connectivity index (χ3n) is 4.46. The first kappa shape index (κ1) is 17.1. The lowest BCUT2D eigenvalue weighted by Gasteiger charge is -2.34. The summed E-state index contributed by atoms with van der Waals surface area (Å²) in [5, 5.41) is 0. The van der Waals surface area contributed by atoms with Crippen LogP contribution in [0.4, 0.5) is 0 Å². The third-order valence-corrected chi connectivity index (χ3v) is 5.61. The van der Waals surface area contributed by atoms with Crippen LogP contribution in [-0.2, 0) is 5.75 Å². The fourth-order valence-corrected chi connectivity index (χ4v) is 3.94. The highest BCUT2D eigenvalue weighted by molar-refractivity contribution is 7.98. The number of carbonyl (C=O) groups is 1. The van der Waals surface area contributed by atoms with Gasteiger partial charge in [0, 0.05) is 36.8 Å². The van der Waals surface area contributed by atoms with E-state index in [-0.39, 0.29) is 5.91 Å². The van der Waals surface area contributed by atoms with E-state index in [1.54, 1.807) is 11.8 Å². The summed E-state index contributed by atoms with van der Waals surface area (Å²) < 4.78 is 0. The van der Waals surface area contributed by atoms with Gasteiger partial charge in [0.15, 0.2) is 0 Å². The lowest BCUT2D eigenvalue weighted by molar-refractivity contribution is 0.0640. The largest absolute Gasteiger partial charge is 0.336 e. The Morgan fingerprint density at radius 3 is 2.33 bits per heavy atom. The summed E-state index contributed by atoms with van der Waals surface area (Å²) in [5.74, 6) is 1.05. The summed E-state index contributed by atoms with van der Waals surface area (Å²) in [7, 11) is 0. The van der Waals surface area contributed by atoms with Gasteiger partial charge in [0.1, 0.15) is 0 Å². The minimum Gasteiger partial charge on any atom is -0.336 e. The Hall–Kier alpha value is -1.78. The third kappa shape index (κ3) is 4.19. The van der Waals surface area contributed by atoms with Crippen LogP contribution >= 0.6 is 11.8 Å². The normalized spacial score (nSPS) is 15.5. The molecule has 1 fully saturated rings. The van der Waals surface area contributed by atoms with Gasteiger partial charge in [-0.15, -0.1) is 11.8 Å². The molecule has 0 spiro atoms. The molecular weight excluding hydrogens is 316 g/mol. The van der Waals surface area contributed by atoms with Gasteiger partial charge in [-0.25, -0.2) is 0 Å². The van der Waals surface area contributed by atoms with E-state index in [2.05, 4.69) is 42.2 Å². The molecule has 0 atom stereocenters. The molecule has 2 aromatic rings. The second-order valence-corrected chi connectivity index (χ2v) is 7.01. The van der Waals surface area contributed by atoms with Gasteiger partial charge >= 0.3 is 0 Å². The molecule has 1 aliphatic rings. The molecule has 1 aliphatic heterocycles. The second-order valence-electron chi connectivity index (χ2n) is 6.00. The lowest BCUT2D eigenvalue weighted by atomic mass is 10.2. The van der Waals surface area contributed by atoms with Crippen LogP contribution in [0.2, 0.25) is 0 Å². The summed E-state index contributed by atoms with van der Waals surface area (Å²) in [6.07, 6.45) is 0. The molecule has 0 N–H and O–H groups in total. The van der Waals surface area contributed by atoms with Crippen LogP contribution < -0.4 is 0 Å². The summed E-state index contributed by atoms with van der Waals surface area (Å²) in [6, 6.07) is 18.4. The van der Waals surface area contributed by atoms with Crippen molar-refractivity contribution < 1.29 is 4.79 Å². The highest BCUT2D eigenvalue weighted by atomic mass is 32.2. The number of nitrogens with zero attached hydrogens (tertiary/aromatic N) is 2. The quantitative estimate of drug-likeness (QED) is 0.775. The molecule has 3 rings (SSSR count). The number of likely N-dealkylation sites (N-methyl/N-ethyl adjacent to an activating group) is 1. The van der Waals surface area contributed by atoms with Gasteiger partial charge in [-0.05, 0) is 24.2 Å². The summed E-state index contributed by atoms with van der Waals surface area (Å²) in [6.45, 7) is 6.83. The number of amides is 1. The maximum absolute atomic E-state index is 12.9. The number of piperazine rings is 1. The van der Waals surface area contributed by atoms with Crippen LogP contribution in [0.1, 0.15) is 22.8 Å². The van der Waals surface area contributed by atoms with E-state index in [9.17, 15) is 4.79 Å². The van der Waals surface area contributed by atoms with Crippen LogP contribution in [0.25, 0.3) is 0 Å². The first-order valence-corrected chi connectivity index (χ1v) is 9.54. The molecule has 0 bridgehead atoms. The molecule has 24 heavy (non-hydrogen) atoms. The van der Waals surface area contributed by atoms with Crippen molar-refractivity contribution >= 4 is 17.7 Å². The van der Waals surface area contributed by atoms with Gasteiger partial charge in [0.25, 0.3) is 5.91 Å². The van der Waals surface area contributed by atoms with Crippen molar-refractivity contribution in [1.82, 2.24) is 9.80 Å². The summed E-state index contributed by atoms with van der Waals surface area (Å²) >= 11 is 1.74. The Morgan fingerprint density at radius 2 is 1.62 bits per heavy atom. The van der Waals surface area contributed by atoms with E-state index in [4.69, 9.17) is 0 Å². The van der Waals surface area contributed by atoms with Crippen molar-refractivity contribution in [2.24, 2.45) is 0 Å². The Labute approximate surface area is 148 Å². The summed E-state index contributed by atoms with van der Waals surface area (Å²) in [4.78, 5) is 18.4. The Morgan fingerprint density at radius 1 is 0.958 bits per heavy atom. The first-order chi connectivity index (χ1) is 11.8. The monoisotopic (exact) mass is 340 g/mol. The molecular formula is C20H24N2OS. The number of carbonyl (C=O) groups excluding carboxylic acids is 1. The molecule has 0 aliphatic carbocycles. The molecule has 4 heteroatoms. The van der Waals surface area contributed by atoms with Gasteiger partial charge in [0.2, 0.25) is 0 Å². The molecule has 2 aromatic carbocycles. The predicted octanol–water partition coefficient (Wildman–Crippen LogP) is 3.76. The number of hydrogen-bond donors (Lipinski definition) is 0. The highest BCUT2D eigenvalue weighted by Crippen LogP contribution is 2.27. The maximum Gasteiger partial charge on any atom is 0.255 e. The van der Waals surface area contributed by atoms with E-state index >= 15 is 0 Å². The number of thioether (sulfide) groups is 1. The van der Waals surface area contributed by atoms with E-state index in [0.29, 0.717) is 0 Å². The topological polar surface area (TPSA) is 23.6 Å². The van der Waals surface area contributed by atoms with Crippen molar-refractivity contribution in [3.63, 3.8) is 0 Å². The first-order valence-electron chi connectivity index (χ1n) is 8.55. The number of hydrogen-bond acceptors (Lipinski definition) is 3. The van der Waals surface area contributed by atoms with Gasteiger partial charge in [-0.1, -0.05) is 49.4 Å². The molecule has 0 saturated carbocycles. The van der Waals surface area contributed by atoms with Crippen molar-refractivity contribution in [3.05, 3.63) is 65.7 Å². The molecule has 3 nitrogen and oxygen atoms in total. The Bertz CT molecular complexity index is 666. The lowest BCUT2D eigenvalue weighted by Crippen LogP contribution is -2.48. The van der Waals surface area contributed by atoms with Gasteiger partial charge in [-0.3, -0.25) is 4.79 Å². The smallest absolute Gasteiger partial charge is 0.255 e. The standard InChI is InChI=1S/C20H24N2OS/c1-2-21-12-14-22(15-13-21)20(23)18-10-6-7-11-19(18)24-16-17-8-4-3-5-9-17/h3-11H,2,12-16H2,1H3. The zero-order valence-electron chi connectivity index (χ0n) is 14.1. The van der Waals surface area contributed by atoms with Crippen molar-refractivity contribution in [2.75, 3.05) is 32.7 Å². The molecule has 1 heterocycles.